The topological polar surface area (TPSA) is 94.5 Å². The van der Waals surface area contributed by atoms with E-state index in [-0.39, 0.29) is 11.9 Å². The minimum Gasteiger partial charge on any atom is -0.497 e. The number of aryl methyl sites for hydroxylation is 2. The highest BCUT2D eigenvalue weighted by molar-refractivity contribution is 6.10. The molecule has 0 unspecified atom stereocenters. The number of fused-ring (bicyclic) bond motifs is 1. The van der Waals surface area contributed by atoms with Gasteiger partial charge in [-0.2, -0.15) is 0 Å². The molecule has 0 spiro atoms. The van der Waals surface area contributed by atoms with Gasteiger partial charge < -0.3 is 24.7 Å². The molecule has 0 aliphatic carbocycles. The number of hydrogen-bond donors (Lipinski definition) is 2. The molecule has 0 saturated heterocycles. The van der Waals surface area contributed by atoms with Gasteiger partial charge in [-0.15, -0.1) is 0 Å². The van der Waals surface area contributed by atoms with E-state index >= 15 is 0 Å². The number of amides is 1. The van der Waals surface area contributed by atoms with Crippen molar-refractivity contribution in [3.8, 4) is 5.75 Å². The van der Waals surface area contributed by atoms with Crippen LogP contribution in [0.5, 0.6) is 5.75 Å². The summed E-state index contributed by atoms with van der Waals surface area (Å²) in [6.07, 6.45) is 4.48. The molecule has 8 nitrogen and oxygen atoms in total. The molecule has 3 aromatic rings. The van der Waals surface area contributed by atoms with E-state index < -0.39 is 5.97 Å². The quantitative estimate of drug-likeness (QED) is 0.363. The lowest BCUT2D eigenvalue weighted by molar-refractivity contribution is -0.114. The Morgan fingerprint density at radius 3 is 2.40 bits per heavy atom. The molecule has 8 heteroatoms. The first kappa shape index (κ1) is 26.1. The number of carbonyl (C=O) groups excluding carboxylic acids is 2. The van der Waals surface area contributed by atoms with Gasteiger partial charge in [0.25, 0.3) is 0 Å². The van der Waals surface area contributed by atoms with Crippen molar-refractivity contribution < 1.29 is 19.1 Å². The number of methoxy groups -OCH3 is 2. The molecule has 0 saturated carbocycles. The molecule has 0 radical (unpaired) electrons. The summed E-state index contributed by atoms with van der Waals surface area (Å²) < 4.78 is 12.1. The molecule has 2 N–H and O–H groups in total. The Balaban J connectivity index is 1.88. The van der Waals surface area contributed by atoms with Crippen LogP contribution in [-0.4, -0.2) is 41.7 Å². The summed E-state index contributed by atoms with van der Waals surface area (Å²) in [4.78, 5) is 29.4. The molecule has 0 fully saturated rings. The SMILES string of the molecule is COC(=O)c1c(NC(C)=O)c2cc(N[C@H](C)CCc3ccc(OC)cc3)cnc2n1CCC(C)C. The molecule has 1 amide bonds. The van der Waals surface area contributed by atoms with Crippen molar-refractivity contribution in [2.45, 2.75) is 59.5 Å². The normalized spacial score (nSPS) is 12.0. The minimum absolute atomic E-state index is 0.184. The standard InChI is InChI=1S/C27H36N4O4/c1-17(2)13-14-31-25(27(33)35-6)24(30-19(4)32)23-15-21(16-28-26(23)31)29-18(3)7-8-20-9-11-22(34-5)12-10-20/h9-12,15-18,29H,7-8,13-14H2,1-6H3,(H,30,32)/t18-/m1/s1. The first-order valence-corrected chi connectivity index (χ1v) is 12.0. The maximum Gasteiger partial charge on any atom is 0.356 e. The molecule has 3 rings (SSSR count). The van der Waals surface area contributed by atoms with Crippen LogP contribution < -0.4 is 15.4 Å². The van der Waals surface area contributed by atoms with Gasteiger partial charge in [-0.05, 0) is 55.9 Å². The molecule has 0 aliphatic rings. The number of aromatic nitrogens is 2. The van der Waals surface area contributed by atoms with E-state index in [0.29, 0.717) is 34.9 Å². The predicted octanol–water partition coefficient (Wildman–Crippen LogP) is 5.27. The molecule has 1 aromatic carbocycles. The van der Waals surface area contributed by atoms with Gasteiger partial charge in [0.1, 0.15) is 11.4 Å². The van der Waals surface area contributed by atoms with Gasteiger partial charge in [0, 0.05) is 24.9 Å². The van der Waals surface area contributed by atoms with E-state index in [1.165, 1.54) is 19.6 Å². The number of benzene rings is 1. The largest absolute Gasteiger partial charge is 0.497 e. The molecule has 1 atom stereocenters. The van der Waals surface area contributed by atoms with E-state index in [0.717, 1.165) is 30.7 Å². The van der Waals surface area contributed by atoms with E-state index in [1.54, 1.807) is 13.3 Å². The Bertz CT molecular complexity index is 1170. The number of nitrogens with zero attached hydrogens (tertiary/aromatic N) is 2. The van der Waals surface area contributed by atoms with Gasteiger partial charge in [-0.1, -0.05) is 26.0 Å². The first-order chi connectivity index (χ1) is 16.7. The van der Waals surface area contributed by atoms with Crippen molar-refractivity contribution in [2.75, 3.05) is 24.9 Å². The molecule has 2 aromatic heterocycles. The summed E-state index contributed by atoms with van der Waals surface area (Å²) >= 11 is 0. The molecular formula is C27H36N4O4. The van der Waals surface area contributed by atoms with Crippen LogP contribution in [0.3, 0.4) is 0 Å². The fraction of sp³-hybridized carbons (Fsp3) is 0.444. The monoisotopic (exact) mass is 480 g/mol. The molecule has 0 aliphatic heterocycles. The smallest absolute Gasteiger partial charge is 0.356 e. The van der Waals surface area contributed by atoms with Crippen LogP contribution in [-0.2, 0) is 22.5 Å². The fourth-order valence-electron chi connectivity index (χ4n) is 4.05. The number of hydrogen-bond acceptors (Lipinski definition) is 6. The summed E-state index contributed by atoms with van der Waals surface area (Å²) in [5, 5.41) is 7.05. The third-order valence-corrected chi connectivity index (χ3v) is 5.95. The van der Waals surface area contributed by atoms with E-state index in [2.05, 4.69) is 48.5 Å². The second kappa shape index (κ2) is 11.7. The highest BCUT2D eigenvalue weighted by Gasteiger charge is 2.25. The number of pyridine rings is 1. The van der Waals surface area contributed by atoms with Crippen LogP contribution >= 0.6 is 0 Å². The van der Waals surface area contributed by atoms with Gasteiger partial charge in [0.2, 0.25) is 5.91 Å². The van der Waals surface area contributed by atoms with Crippen LogP contribution in [0.25, 0.3) is 11.0 Å². The molecule has 2 heterocycles. The van der Waals surface area contributed by atoms with Crippen molar-refractivity contribution in [2.24, 2.45) is 5.92 Å². The van der Waals surface area contributed by atoms with Crippen LogP contribution in [0, 0.1) is 5.92 Å². The number of ether oxygens (including phenoxy) is 2. The van der Waals surface area contributed by atoms with E-state index in [9.17, 15) is 9.59 Å². The Morgan fingerprint density at radius 1 is 1.09 bits per heavy atom. The fourth-order valence-corrected chi connectivity index (χ4v) is 4.05. The van der Waals surface area contributed by atoms with Crippen LogP contribution in [0.15, 0.2) is 36.5 Å². The molecular weight excluding hydrogens is 444 g/mol. The molecule has 35 heavy (non-hydrogen) atoms. The van der Waals surface area contributed by atoms with Crippen molar-refractivity contribution in [3.05, 3.63) is 47.8 Å². The van der Waals surface area contributed by atoms with Crippen LogP contribution in [0.4, 0.5) is 11.4 Å². The van der Waals surface area contributed by atoms with Crippen LogP contribution in [0.1, 0.15) is 56.6 Å². The zero-order chi connectivity index (χ0) is 25.5. The van der Waals surface area contributed by atoms with Crippen molar-refractivity contribution in [1.82, 2.24) is 9.55 Å². The average molecular weight is 481 g/mol. The van der Waals surface area contributed by atoms with Crippen LogP contribution in [0.2, 0.25) is 0 Å². The lowest BCUT2D eigenvalue weighted by Crippen LogP contribution is -2.16. The second-order valence-corrected chi connectivity index (χ2v) is 9.26. The maximum absolute atomic E-state index is 12.7. The number of esters is 1. The third-order valence-electron chi connectivity index (χ3n) is 5.95. The Kier molecular flexibility index (Phi) is 8.73. The third kappa shape index (κ3) is 6.53. The lowest BCUT2D eigenvalue weighted by Gasteiger charge is -2.15. The molecule has 0 bridgehead atoms. The van der Waals surface area contributed by atoms with Gasteiger partial charge in [-0.25, -0.2) is 9.78 Å². The minimum atomic E-state index is -0.502. The lowest BCUT2D eigenvalue weighted by atomic mass is 10.1. The van der Waals surface area contributed by atoms with Gasteiger partial charge in [-0.3, -0.25) is 4.79 Å². The average Bonchev–Trinajstić information content (AvgIpc) is 3.13. The number of carbonyl (C=O) groups is 2. The summed E-state index contributed by atoms with van der Waals surface area (Å²) in [6.45, 7) is 8.39. The zero-order valence-electron chi connectivity index (χ0n) is 21.5. The number of anilines is 2. The summed E-state index contributed by atoms with van der Waals surface area (Å²) in [6, 6.07) is 10.2. The Hall–Kier alpha value is -3.55. The highest BCUT2D eigenvalue weighted by atomic mass is 16.5. The Labute approximate surface area is 207 Å². The van der Waals surface area contributed by atoms with Crippen molar-refractivity contribution in [3.63, 3.8) is 0 Å². The Morgan fingerprint density at radius 2 is 1.80 bits per heavy atom. The summed E-state index contributed by atoms with van der Waals surface area (Å²) in [5.74, 6) is 0.526. The summed E-state index contributed by atoms with van der Waals surface area (Å²) in [5.41, 5.74) is 3.46. The highest BCUT2D eigenvalue weighted by Crippen LogP contribution is 2.33. The van der Waals surface area contributed by atoms with E-state index in [4.69, 9.17) is 9.47 Å². The van der Waals surface area contributed by atoms with Gasteiger partial charge >= 0.3 is 5.97 Å². The first-order valence-electron chi connectivity index (χ1n) is 12.0. The maximum atomic E-state index is 12.7. The number of rotatable bonds is 11. The predicted molar refractivity (Wildman–Crippen MR) is 139 cm³/mol. The van der Waals surface area contributed by atoms with Crippen molar-refractivity contribution in [1.29, 1.82) is 0 Å². The zero-order valence-corrected chi connectivity index (χ0v) is 21.5. The summed E-state index contributed by atoms with van der Waals surface area (Å²) in [7, 11) is 3.01. The number of nitrogens with one attached hydrogen (secondary N) is 2. The van der Waals surface area contributed by atoms with Gasteiger partial charge in [0.15, 0.2) is 5.69 Å². The van der Waals surface area contributed by atoms with E-state index in [1.807, 2.05) is 22.8 Å². The van der Waals surface area contributed by atoms with Crippen molar-refractivity contribution >= 4 is 34.3 Å². The molecule has 188 valence electrons. The second-order valence-electron chi connectivity index (χ2n) is 9.26. The van der Waals surface area contributed by atoms with Gasteiger partial charge in [0.05, 0.1) is 31.8 Å².